The summed E-state index contributed by atoms with van der Waals surface area (Å²) in [5.41, 5.74) is 1.86. The van der Waals surface area contributed by atoms with Crippen molar-refractivity contribution in [1.82, 2.24) is 0 Å². The zero-order valence-electron chi connectivity index (χ0n) is 10.4. The molecule has 3 nitrogen and oxygen atoms in total. The lowest BCUT2D eigenvalue weighted by Gasteiger charge is -2.28. The molecule has 2 aromatic heterocycles. The van der Waals surface area contributed by atoms with Crippen LogP contribution in [0, 0.1) is 0 Å². The van der Waals surface area contributed by atoms with Crippen LogP contribution < -0.4 is 0 Å². The Morgan fingerprint density at radius 3 is 2.50 bits per heavy atom. The van der Waals surface area contributed by atoms with E-state index in [0.717, 1.165) is 16.7 Å². The number of benzene rings is 1. The third-order valence-electron chi connectivity index (χ3n) is 2.85. The van der Waals surface area contributed by atoms with Crippen LogP contribution >= 0.6 is 45.2 Å². The minimum atomic E-state index is -0.669. The lowest BCUT2D eigenvalue weighted by molar-refractivity contribution is -0.158. The van der Waals surface area contributed by atoms with Crippen LogP contribution in [-0.4, -0.2) is 13.8 Å². The molecule has 2 rings (SSSR count). The third kappa shape index (κ3) is 2.61. The van der Waals surface area contributed by atoms with Gasteiger partial charge in [-0.15, -0.1) is 0 Å². The topological polar surface area (TPSA) is 39.4 Å². The molecule has 18 heavy (non-hydrogen) atoms. The normalized spacial score (nSPS) is 15.8. The maximum absolute atomic E-state index is 12.1. The molecule has 1 unspecified atom stereocenters. The maximum Gasteiger partial charge on any atom is 0.323 e. The van der Waals surface area contributed by atoms with Crippen molar-refractivity contribution in [2.75, 3.05) is 4.43 Å². The fourth-order valence-corrected chi connectivity index (χ4v) is 2.13. The first-order valence-corrected chi connectivity index (χ1v) is 8.17. The van der Waals surface area contributed by atoms with Gasteiger partial charge in [0.2, 0.25) is 0 Å². The van der Waals surface area contributed by atoms with E-state index in [4.69, 9.17) is 9.15 Å². The second-order valence-corrected chi connectivity index (χ2v) is 8.13. The van der Waals surface area contributed by atoms with Crippen LogP contribution in [-0.2, 0) is 15.1 Å². The second kappa shape index (κ2) is 4.81. The van der Waals surface area contributed by atoms with Crippen LogP contribution in [0.1, 0.15) is 26.3 Å². The van der Waals surface area contributed by atoms with E-state index < -0.39 is 9.02 Å². The molecular formula is C13H14I2O3. The number of rotatable bonds is 4. The molecule has 0 spiro atoms. The van der Waals surface area contributed by atoms with Gasteiger partial charge in [-0.2, -0.15) is 0 Å². The lowest BCUT2D eigenvalue weighted by atomic mass is 9.98. The van der Waals surface area contributed by atoms with Crippen LogP contribution in [0.25, 0.3) is 11.2 Å². The molecule has 98 valence electrons. The zero-order chi connectivity index (χ0) is 13.6. The maximum atomic E-state index is 12.1. The third-order valence-corrected chi connectivity index (χ3v) is 6.66. The van der Waals surface area contributed by atoms with Crippen molar-refractivity contribution in [2.24, 2.45) is 0 Å². The summed E-state index contributed by atoms with van der Waals surface area (Å²) >= 11 is 4.33. The molecule has 0 aliphatic heterocycles. The van der Waals surface area contributed by atoms with Gasteiger partial charge in [0.25, 0.3) is 0 Å². The number of hydrogen-bond donors (Lipinski definition) is 0. The molecule has 2 aromatic rings. The predicted molar refractivity (Wildman–Crippen MR) is 87.8 cm³/mol. The second-order valence-electron chi connectivity index (χ2n) is 4.99. The number of carbonyl (C=O) groups excluding carboxylic acids is 1. The SMILES string of the molecule is CC(I)(CI)C(=O)OC(C)(C)c1cc2ccc1o2. The first-order chi connectivity index (χ1) is 8.26. The first-order valence-electron chi connectivity index (χ1n) is 5.57. The van der Waals surface area contributed by atoms with Gasteiger partial charge in [0.1, 0.15) is 20.2 Å². The van der Waals surface area contributed by atoms with Crippen molar-refractivity contribution >= 4 is 62.3 Å². The highest BCUT2D eigenvalue weighted by Gasteiger charge is 2.37. The van der Waals surface area contributed by atoms with Crippen molar-refractivity contribution in [3.63, 3.8) is 0 Å². The Labute approximate surface area is 133 Å². The van der Waals surface area contributed by atoms with Gasteiger partial charge < -0.3 is 9.15 Å². The Morgan fingerprint density at radius 2 is 2.06 bits per heavy atom. The molecule has 2 heterocycles. The lowest BCUT2D eigenvalue weighted by Crippen LogP contribution is -2.37. The summed E-state index contributed by atoms with van der Waals surface area (Å²) in [7, 11) is 0. The van der Waals surface area contributed by atoms with Crippen LogP contribution in [0.2, 0.25) is 0 Å². The van der Waals surface area contributed by atoms with E-state index >= 15 is 0 Å². The molecule has 0 aliphatic carbocycles. The van der Waals surface area contributed by atoms with Crippen molar-refractivity contribution in [3.05, 3.63) is 23.8 Å². The Hall–Kier alpha value is -0.0500. The summed E-state index contributed by atoms with van der Waals surface area (Å²) in [6.45, 7) is 5.66. The molecule has 0 N–H and O–H groups in total. The summed E-state index contributed by atoms with van der Waals surface area (Å²) in [5.74, 6) is -0.194. The smallest absolute Gasteiger partial charge is 0.323 e. The molecule has 0 saturated heterocycles. The molecule has 2 bridgehead atoms. The molecule has 0 radical (unpaired) electrons. The van der Waals surface area contributed by atoms with E-state index in [-0.39, 0.29) is 5.97 Å². The minimum Gasteiger partial charge on any atom is -0.457 e. The van der Waals surface area contributed by atoms with Gasteiger partial charge in [-0.05, 0) is 39.0 Å². The Morgan fingerprint density at radius 1 is 1.39 bits per heavy atom. The van der Waals surface area contributed by atoms with Gasteiger partial charge in [-0.3, -0.25) is 4.79 Å². The van der Waals surface area contributed by atoms with Gasteiger partial charge in [-0.1, -0.05) is 45.2 Å². The van der Waals surface area contributed by atoms with E-state index in [2.05, 4.69) is 45.2 Å². The van der Waals surface area contributed by atoms with Crippen LogP contribution in [0.5, 0.6) is 0 Å². The summed E-state index contributed by atoms with van der Waals surface area (Å²) < 4.78 is 11.4. The molecular weight excluding hydrogens is 458 g/mol. The number of carbonyl (C=O) groups is 1. The largest absolute Gasteiger partial charge is 0.457 e. The Bertz CT molecular complexity index is 557. The van der Waals surface area contributed by atoms with Crippen molar-refractivity contribution in [3.8, 4) is 0 Å². The van der Waals surface area contributed by atoms with E-state index in [1.807, 2.05) is 39.0 Å². The van der Waals surface area contributed by atoms with Gasteiger partial charge in [0, 0.05) is 9.99 Å². The fourth-order valence-electron chi connectivity index (χ4n) is 1.71. The highest BCUT2D eigenvalue weighted by molar-refractivity contribution is 14.1. The van der Waals surface area contributed by atoms with Gasteiger partial charge >= 0.3 is 5.97 Å². The standard InChI is InChI=1S/C13H14I2O3/c1-12(2,18-11(16)13(3,15)7-14)9-6-8-4-5-10(9)17-8/h4-6H,7H2,1-3H3. The van der Waals surface area contributed by atoms with Crippen LogP contribution in [0.3, 0.4) is 0 Å². The predicted octanol–water partition coefficient (Wildman–Crippen LogP) is 4.28. The van der Waals surface area contributed by atoms with Crippen LogP contribution in [0.4, 0.5) is 0 Å². The molecule has 0 fully saturated rings. The Kier molecular flexibility index (Phi) is 3.84. The quantitative estimate of drug-likeness (QED) is 0.379. The van der Waals surface area contributed by atoms with Gasteiger partial charge in [0.05, 0.1) is 0 Å². The molecule has 5 heteroatoms. The fraction of sp³-hybridized carbons (Fsp3) is 0.462. The highest BCUT2D eigenvalue weighted by Crippen LogP contribution is 2.36. The minimum absolute atomic E-state index is 0.194. The average molecular weight is 472 g/mol. The average Bonchev–Trinajstić information content (AvgIpc) is 2.90. The molecule has 0 aromatic carbocycles. The summed E-state index contributed by atoms with van der Waals surface area (Å²) in [6.07, 6.45) is 0. The number of alkyl halides is 2. The zero-order valence-corrected chi connectivity index (χ0v) is 14.7. The number of ether oxygens (including phenoxy) is 1. The summed E-state index contributed by atoms with van der Waals surface area (Å²) in [4.78, 5) is 12.1. The Balaban J connectivity index is 2.22. The van der Waals surface area contributed by atoms with Crippen LogP contribution in [0.15, 0.2) is 22.6 Å². The number of esters is 1. The number of furan rings is 2. The van der Waals surface area contributed by atoms with Crippen molar-refractivity contribution in [2.45, 2.75) is 29.8 Å². The molecule has 0 aliphatic rings. The summed E-state index contributed by atoms with van der Waals surface area (Å²) in [5, 5.41) is 0. The van der Waals surface area contributed by atoms with E-state index in [9.17, 15) is 4.79 Å². The van der Waals surface area contributed by atoms with Gasteiger partial charge in [-0.25, -0.2) is 0 Å². The number of halogens is 2. The van der Waals surface area contributed by atoms with Crippen molar-refractivity contribution < 1.29 is 13.9 Å². The highest BCUT2D eigenvalue weighted by atomic mass is 127. The van der Waals surface area contributed by atoms with E-state index in [0.29, 0.717) is 4.43 Å². The first kappa shape index (κ1) is 14.4. The molecule has 0 saturated carbocycles. The summed E-state index contributed by atoms with van der Waals surface area (Å²) in [6, 6.07) is 5.74. The van der Waals surface area contributed by atoms with Gasteiger partial charge in [0.15, 0.2) is 0 Å². The number of hydrogen-bond acceptors (Lipinski definition) is 3. The molecule has 1 atom stereocenters. The number of fused-ring (bicyclic) bond motifs is 2. The van der Waals surface area contributed by atoms with Crippen molar-refractivity contribution in [1.29, 1.82) is 0 Å². The van der Waals surface area contributed by atoms with E-state index in [1.54, 1.807) is 0 Å². The van der Waals surface area contributed by atoms with E-state index in [1.165, 1.54) is 0 Å². The molecule has 0 amide bonds. The monoisotopic (exact) mass is 472 g/mol.